The predicted octanol–water partition coefficient (Wildman–Crippen LogP) is 0.661. The summed E-state index contributed by atoms with van der Waals surface area (Å²) in [5, 5.41) is 0. The van der Waals surface area contributed by atoms with Crippen LogP contribution >= 0.6 is 0 Å². The van der Waals surface area contributed by atoms with Crippen molar-refractivity contribution in [1.82, 2.24) is 4.98 Å². The number of nitrogens with two attached hydrogens (primary N) is 2. The van der Waals surface area contributed by atoms with Crippen molar-refractivity contribution >= 4 is 11.7 Å². The van der Waals surface area contributed by atoms with Gasteiger partial charge in [0.2, 0.25) is 0 Å². The van der Waals surface area contributed by atoms with Gasteiger partial charge in [0.15, 0.2) is 11.4 Å². The van der Waals surface area contributed by atoms with Crippen LogP contribution in [0.15, 0.2) is 12.1 Å². The van der Waals surface area contributed by atoms with Gasteiger partial charge in [0.1, 0.15) is 5.82 Å². The Bertz CT molecular complexity index is 392. The molecule has 0 radical (unpaired) electrons. The van der Waals surface area contributed by atoms with E-state index in [1.807, 2.05) is 0 Å². The summed E-state index contributed by atoms with van der Waals surface area (Å²) < 4.78 is 39.1. The smallest absolute Gasteiger partial charge is 0.403 e. The number of nitrogen functional groups attached to an aromatic ring is 1. The highest BCUT2D eigenvalue weighted by molar-refractivity contribution is 5.93. The van der Waals surface area contributed by atoms with Gasteiger partial charge < -0.3 is 16.2 Å². The number of nitrogens with zero attached hydrogens (tertiary/aromatic N) is 1. The normalized spacial score (nSPS) is 11.1. The van der Waals surface area contributed by atoms with Crippen LogP contribution in [-0.2, 0) is 0 Å². The maximum atomic E-state index is 11.9. The zero-order valence-corrected chi connectivity index (χ0v) is 7.21. The number of pyridine rings is 1. The largest absolute Gasteiger partial charge is 0.573 e. The molecule has 0 aromatic carbocycles. The maximum absolute atomic E-state index is 11.9. The number of hydrogen-bond acceptors (Lipinski definition) is 4. The second kappa shape index (κ2) is 3.64. The summed E-state index contributed by atoms with van der Waals surface area (Å²) in [5.41, 5.74) is 9.31. The fourth-order valence-electron chi connectivity index (χ4n) is 0.845. The van der Waals surface area contributed by atoms with Crippen LogP contribution in [0.5, 0.6) is 5.75 Å². The standard InChI is InChI=1S/C7H6F3N3O2/c8-7(9,10)15-3-1-2-4(11)13-5(3)6(12)14/h1-2H,(H2,11,13)(H2,12,14). The summed E-state index contributed by atoms with van der Waals surface area (Å²) in [6.07, 6.45) is -4.91. The van der Waals surface area contributed by atoms with Gasteiger partial charge in [-0.1, -0.05) is 0 Å². The number of hydrogen-bond donors (Lipinski definition) is 2. The van der Waals surface area contributed by atoms with E-state index in [1.165, 1.54) is 0 Å². The SMILES string of the molecule is NC(=O)c1nc(N)ccc1OC(F)(F)F. The molecule has 1 aromatic heterocycles. The third-order valence-electron chi connectivity index (χ3n) is 1.34. The maximum Gasteiger partial charge on any atom is 0.573 e. The molecule has 4 N–H and O–H groups in total. The minimum absolute atomic E-state index is 0.127. The minimum atomic E-state index is -4.91. The van der Waals surface area contributed by atoms with Crippen molar-refractivity contribution in [1.29, 1.82) is 0 Å². The summed E-state index contributed by atoms with van der Waals surface area (Å²) in [4.78, 5) is 14.1. The summed E-state index contributed by atoms with van der Waals surface area (Å²) >= 11 is 0. The second-order valence-electron chi connectivity index (χ2n) is 2.49. The number of amides is 1. The van der Waals surface area contributed by atoms with Gasteiger partial charge in [-0.05, 0) is 12.1 Å². The number of alkyl halides is 3. The molecular formula is C7H6F3N3O2. The molecule has 1 aromatic rings. The average Bonchev–Trinajstić information content (AvgIpc) is 2.05. The molecule has 8 heteroatoms. The Morgan fingerprint density at radius 3 is 2.47 bits per heavy atom. The van der Waals surface area contributed by atoms with E-state index in [4.69, 9.17) is 11.5 Å². The number of ether oxygens (including phenoxy) is 1. The molecule has 0 aliphatic carbocycles. The van der Waals surface area contributed by atoms with Crippen molar-refractivity contribution in [3.8, 4) is 5.75 Å². The predicted molar refractivity (Wildman–Crippen MR) is 43.9 cm³/mol. The fourth-order valence-corrected chi connectivity index (χ4v) is 0.845. The summed E-state index contributed by atoms with van der Waals surface area (Å²) in [6.45, 7) is 0. The molecule has 0 atom stereocenters. The number of halogens is 3. The first-order chi connectivity index (χ1) is 6.79. The third kappa shape index (κ3) is 3.01. The molecule has 82 valence electrons. The third-order valence-corrected chi connectivity index (χ3v) is 1.34. The Labute approximate surface area is 81.8 Å². The van der Waals surface area contributed by atoms with Gasteiger partial charge >= 0.3 is 6.36 Å². The van der Waals surface area contributed by atoms with E-state index in [1.54, 1.807) is 0 Å². The highest BCUT2D eigenvalue weighted by atomic mass is 19.4. The van der Waals surface area contributed by atoms with E-state index >= 15 is 0 Å². The first-order valence-electron chi connectivity index (χ1n) is 3.61. The first kappa shape index (κ1) is 11.1. The second-order valence-corrected chi connectivity index (χ2v) is 2.49. The van der Waals surface area contributed by atoms with E-state index in [2.05, 4.69) is 9.72 Å². The summed E-state index contributed by atoms with van der Waals surface area (Å²) in [5.74, 6) is -2.05. The molecule has 0 saturated heterocycles. The molecule has 15 heavy (non-hydrogen) atoms. The van der Waals surface area contributed by atoms with Gasteiger partial charge in [-0.2, -0.15) is 0 Å². The van der Waals surface area contributed by atoms with Gasteiger partial charge in [0, 0.05) is 0 Å². The lowest BCUT2D eigenvalue weighted by molar-refractivity contribution is -0.274. The Morgan fingerprint density at radius 1 is 1.40 bits per heavy atom. The molecule has 5 nitrogen and oxygen atoms in total. The molecule has 1 rings (SSSR count). The molecule has 0 bridgehead atoms. The average molecular weight is 221 g/mol. The zero-order valence-electron chi connectivity index (χ0n) is 7.21. The van der Waals surface area contributed by atoms with E-state index in [9.17, 15) is 18.0 Å². The van der Waals surface area contributed by atoms with Gasteiger partial charge in [-0.25, -0.2) is 4.98 Å². The molecule has 0 aliphatic heterocycles. The van der Waals surface area contributed by atoms with Gasteiger partial charge in [-0.3, -0.25) is 4.79 Å². The molecule has 0 saturated carbocycles. The number of carbonyl (C=O) groups excluding carboxylic acids is 1. The van der Waals surface area contributed by atoms with Crippen molar-refractivity contribution in [3.05, 3.63) is 17.8 Å². The number of primary amides is 1. The monoisotopic (exact) mass is 221 g/mol. The van der Waals surface area contributed by atoms with E-state index in [-0.39, 0.29) is 5.82 Å². The van der Waals surface area contributed by atoms with Crippen LogP contribution in [-0.4, -0.2) is 17.3 Å². The molecule has 0 fully saturated rings. The summed E-state index contributed by atoms with van der Waals surface area (Å²) in [6, 6.07) is 1.93. The number of rotatable bonds is 2. The molecule has 0 spiro atoms. The van der Waals surface area contributed by atoms with E-state index in [0.717, 1.165) is 12.1 Å². The quantitative estimate of drug-likeness (QED) is 0.767. The molecule has 0 unspecified atom stereocenters. The Morgan fingerprint density at radius 2 is 2.00 bits per heavy atom. The topological polar surface area (TPSA) is 91.2 Å². The van der Waals surface area contributed by atoms with Crippen molar-refractivity contribution < 1.29 is 22.7 Å². The van der Waals surface area contributed by atoms with Crippen molar-refractivity contribution in [3.63, 3.8) is 0 Å². The molecule has 0 aliphatic rings. The Kier molecular flexibility index (Phi) is 2.69. The van der Waals surface area contributed by atoms with E-state index in [0.29, 0.717) is 0 Å². The van der Waals surface area contributed by atoms with Crippen molar-refractivity contribution in [2.24, 2.45) is 5.73 Å². The Balaban J connectivity index is 3.12. The van der Waals surface area contributed by atoms with Crippen molar-refractivity contribution in [2.45, 2.75) is 6.36 Å². The first-order valence-corrected chi connectivity index (χ1v) is 3.61. The molecular weight excluding hydrogens is 215 g/mol. The highest BCUT2D eigenvalue weighted by Gasteiger charge is 2.33. The molecule has 1 amide bonds. The number of anilines is 1. The van der Waals surface area contributed by atoms with Crippen LogP contribution in [0.3, 0.4) is 0 Å². The van der Waals surface area contributed by atoms with Crippen molar-refractivity contribution in [2.75, 3.05) is 5.73 Å². The fraction of sp³-hybridized carbons (Fsp3) is 0.143. The lowest BCUT2D eigenvalue weighted by atomic mass is 10.3. The van der Waals surface area contributed by atoms with E-state index < -0.39 is 23.7 Å². The zero-order chi connectivity index (χ0) is 11.6. The van der Waals surface area contributed by atoms with Crippen LogP contribution in [0, 0.1) is 0 Å². The lowest BCUT2D eigenvalue weighted by Gasteiger charge is -2.10. The van der Waals surface area contributed by atoms with Crippen LogP contribution in [0.4, 0.5) is 19.0 Å². The van der Waals surface area contributed by atoms with Crippen LogP contribution < -0.4 is 16.2 Å². The van der Waals surface area contributed by atoms with Gasteiger partial charge in [-0.15, -0.1) is 13.2 Å². The van der Waals surface area contributed by atoms with Crippen LogP contribution in [0.25, 0.3) is 0 Å². The minimum Gasteiger partial charge on any atom is -0.403 e. The van der Waals surface area contributed by atoms with Gasteiger partial charge in [0.05, 0.1) is 0 Å². The summed E-state index contributed by atoms with van der Waals surface area (Å²) in [7, 11) is 0. The number of carbonyl (C=O) groups is 1. The van der Waals surface area contributed by atoms with Crippen LogP contribution in [0.2, 0.25) is 0 Å². The van der Waals surface area contributed by atoms with Gasteiger partial charge in [0.25, 0.3) is 5.91 Å². The van der Waals surface area contributed by atoms with Crippen LogP contribution in [0.1, 0.15) is 10.5 Å². The Hall–Kier alpha value is -1.99. The number of aromatic nitrogens is 1. The molecule has 1 heterocycles. The highest BCUT2D eigenvalue weighted by Crippen LogP contribution is 2.25. The lowest BCUT2D eigenvalue weighted by Crippen LogP contribution is -2.22.